The van der Waals surface area contributed by atoms with Gasteiger partial charge in [-0.25, -0.2) is 0 Å². The minimum absolute atomic E-state index is 0.575. The molecule has 0 bridgehead atoms. The number of benzene rings is 1. The second-order valence-electron chi connectivity index (χ2n) is 2.20. The van der Waals surface area contributed by atoms with Crippen LogP contribution in [0, 0.1) is 0 Å². The molecule has 0 fully saturated rings. The van der Waals surface area contributed by atoms with Gasteiger partial charge in [-0.15, -0.1) is 0 Å². The summed E-state index contributed by atoms with van der Waals surface area (Å²) >= 11 is 2.77. The first-order valence-corrected chi connectivity index (χ1v) is 3.78. The predicted molar refractivity (Wildman–Crippen MR) is 40.6 cm³/mol. The van der Waals surface area contributed by atoms with E-state index < -0.39 is 0 Å². The van der Waals surface area contributed by atoms with Gasteiger partial charge in [-0.3, -0.25) is 0 Å². The maximum atomic E-state index is 2.77. The van der Waals surface area contributed by atoms with Crippen molar-refractivity contribution in [2.45, 2.75) is 11.7 Å². The fraction of sp³-hybridized carbons (Fsp3) is 0.250. The van der Waals surface area contributed by atoms with Gasteiger partial charge in [0, 0.05) is 0 Å². The molecular weight excluding hydrogens is 123 g/mol. The Kier molecular flexibility index (Phi) is 2.33. The SMILES string of the molecule is C[CH]([Al])c1ccccc1. The van der Waals surface area contributed by atoms with Crippen LogP contribution in [-0.4, -0.2) is 16.3 Å². The summed E-state index contributed by atoms with van der Waals surface area (Å²) in [4.78, 5) is 0. The van der Waals surface area contributed by atoms with Crippen LogP contribution in [0.2, 0.25) is 0 Å². The zero-order chi connectivity index (χ0) is 6.69. The van der Waals surface area contributed by atoms with E-state index in [2.05, 4.69) is 47.5 Å². The standard InChI is InChI=1S/C8H9.Al/c1-2-8-6-4-3-5-7-8;/h2-7H,1H3;. The minimum atomic E-state index is 0.575. The van der Waals surface area contributed by atoms with E-state index in [1.54, 1.807) is 0 Å². The first-order valence-electron chi connectivity index (χ1n) is 3.11. The highest BCUT2D eigenvalue weighted by Crippen LogP contribution is 2.08. The molecule has 0 aliphatic heterocycles. The molecule has 0 aliphatic rings. The molecule has 1 aromatic carbocycles. The molecule has 9 heavy (non-hydrogen) atoms. The molecule has 1 rings (SSSR count). The first-order chi connectivity index (χ1) is 4.30. The molecule has 0 aliphatic carbocycles. The molecule has 0 heterocycles. The summed E-state index contributed by atoms with van der Waals surface area (Å²) in [6.07, 6.45) is 0. The third-order valence-corrected chi connectivity index (χ3v) is 1.71. The van der Waals surface area contributed by atoms with Gasteiger partial charge in [-0.1, -0.05) is 47.6 Å². The highest BCUT2D eigenvalue weighted by molar-refractivity contribution is 6.12. The molecule has 44 valence electrons. The second kappa shape index (κ2) is 3.06. The van der Waals surface area contributed by atoms with Crippen LogP contribution >= 0.6 is 0 Å². The van der Waals surface area contributed by atoms with Crippen molar-refractivity contribution in [1.29, 1.82) is 0 Å². The Hall–Kier alpha value is -0.248. The Morgan fingerprint density at radius 1 is 1.22 bits per heavy atom. The first kappa shape index (κ1) is 6.87. The van der Waals surface area contributed by atoms with E-state index >= 15 is 0 Å². The molecule has 0 nitrogen and oxygen atoms in total. The van der Waals surface area contributed by atoms with Crippen molar-refractivity contribution in [2.75, 3.05) is 0 Å². The van der Waals surface area contributed by atoms with Gasteiger partial charge >= 0.3 is 0 Å². The molecule has 2 radical (unpaired) electrons. The Morgan fingerprint density at radius 2 is 1.78 bits per heavy atom. The van der Waals surface area contributed by atoms with E-state index in [1.165, 1.54) is 5.56 Å². The summed E-state index contributed by atoms with van der Waals surface area (Å²) in [7, 11) is 0. The molecule has 0 amide bonds. The topological polar surface area (TPSA) is 0 Å². The van der Waals surface area contributed by atoms with E-state index in [0.717, 1.165) is 0 Å². The molecule has 1 unspecified atom stereocenters. The van der Waals surface area contributed by atoms with Crippen molar-refractivity contribution in [3.8, 4) is 0 Å². The van der Waals surface area contributed by atoms with Crippen LogP contribution in [0.1, 0.15) is 17.3 Å². The van der Waals surface area contributed by atoms with E-state index in [-0.39, 0.29) is 0 Å². The summed E-state index contributed by atoms with van der Waals surface area (Å²) in [5.41, 5.74) is 1.38. The molecule has 0 N–H and O–H groups in total. The highest BCUT2D eigenvalue weighted by atomic mass is 27.0. The third-order valence-electron chi connectivity index (χ3n) is 1.33. The lowest BCUT2D eigenvalue weighted by Crippen LogP contribution is -1.89. The molecule has 0 spiro atoms. The second-order valence-corrected chi connectivity index (χ2v) is 3.20. The molecule has 0 saturated carbocycles. The van der Waals surface area contributed by atoms with Crippen LogP contribution < -0.4 is 0 Å². The van der Waals surface area contributed by atoms with Crippen molar-refractivity contribution in [2.24, 2.45) is 0 Å². The normalized spacial score (nSPS) is 13.0. The quantitative estimate of drug-likeness (QED) is 0.512. The predicted octanol–water partition coefficient (Wildman–Crippen LogP) is 1.92. The van der Waals surface area contributed by atoms with Gasteiger partial charge in [0.15, 0.2) is 0 Å². The van der Waals surface area contributed by atoms with Gasteiger partial charge in [0.2, 0.25) is 0 Å². The summed E-state index contributed by atoms with van der Waals surface area (Å²) in [6.45, 7) is 2.17. The van der Waals surface area contributed by atoms with Crippen molar-refractivity contribution < 1.29 is 0 Å². The average Bonchev–Trinajstić information content (AvgIpc) is 1.90. The number of hydrogen-bond donors (Lipinski definition) is 0. The van der Waals surface area contributed by atoms with Crippen molar-refractivity contribution >= 4 is 16.3 Å². The Labute approximate surface area is 64.3 Å². The monoisotopic (exact) mass is 132 g/mol. The fourth-order valence-electron chi connectivity index (χ4n) is 0.757. The van der Waals surface area contributed by atoms with Crippen molar-refractivity contribution in [3.05, 3.63) is 35.9 Å². The summed E-state index contributed by atoms with van der Waals surface area (Å²) in [6, 6.07) is 10.4. The van der Waals surface area contributed by atoms with Gasteiger partial charge in [0.25, 0.3) is 0 Å². The van der Waals surface area contributed by atoms with Crippen LogP contribution in [0.25, 0.3) is 0 Å². The van der Waals surface area contributed by atoms with Crippen LogP contribution in [0.5, 0.6) is 0 Å². The lowest BCUT2D eigenvalue weighted by atomic mass is 10.2. The molecule has 1 aromatic rings. The molecular formula is C8H9Al. The van der Waals surface area contributed by atoms with E-state index in [1.807, 2.05) is 6.07 Å². The lowest BCUT2D eigenvalue weighted by molar-refractivity contribution is 1.08. The largest absolute Gasteiger partial charge is 0.131 e. The summed E-state index contributed by atoms with van der Waals surface area (Å²) in [5.74, 6) is 0. The van der Waals surface area contributed by atoms with Gasteiger partial charge in [-0.05, 0) is 0 Å². The van der Waals surface area contributed by atoms with Crippen LogP contribution in [0.4, 0.5) is 0 Å². The Morgan fingerprint density at radius 3 is 2.11 bits per heavy atom. The maximum absolute atomic E-state index is 2.77. The Balaban J connectivity index is 2.85. The van der Waals surface area contributed by atoms with Gasteiger partial charge in [0.1, 0.15) is 16.3 Å². The van der Waals surface area contributed by atoms with Crippen LogP contribution in [-0.2, 0) is 0 Å². The van der Waals surface area contributed by atoms with Crippen molar-refractivity contribution in [3.63, 3.8) is 0 Å². The lowest BCUT2D eigenvalue weighted by Gasteiger charge is -2.02. The highest BCUT2D eigenvalue weighted by Gasteiger charge is 1.92. The molecule has 0 aromatic heterocycles. The van der Waals surface area contributed by atoms with Crippen LogP contribution in [0.3, 0.4) is 0 Å². The number of rotatable bonds is 1. The fourth-order valence-corrected chi connectivity index (χ4v) is 0.979. The molecule has 1 atom stereocenters. The maximum Gasteiger partial charge on any atom is 0.131 e. The zero-order valence-corrected chi connectivity index (χ0v) is 6.70. The summed E-state index contributed by atoms with van der Waals surface area (Å²) in [5, 5.41) is 0. The van der Waals surface area contributed by atoms with E-state index in [0.29, 0.717) is 4.78 Å². The van der Waals surface area contributed by atoms with Gasteiger partial charge in [0.05, 0.1) is 0 Å². The summed E-state index contributed by atoms with van der Waals surface area (Å²) < 4.78 is 0.575. The van der Waals surface area contributed by atoms with Crippen molar-refractivity contribution in [1.82, 2.24) is 0 Å². The third kappa shape index (κ3) is 1.86. The minimum Gasteiger partial charge on any atom is -0.0867 e. The molecule has 1 heteroatoms. The van der Waals surface area contributed by atoms with E-state index in [4.69, 9.17) is 0 Å². The molecule has 0 saturated heterocycles. The number of hydrogen-bond acceptors (Lipinski definition) is 0. The average molecular weight is 132 g/mol. The smallest absolute Gasteiger partial charge is 0.0867 e. The zero-order valence-electron chi connectivity index (χ0n) is 5.54. The van der Waals surface area contributed by atoms with Crippen LogP contribution in [0.15, 0.2) is 30.3 Å². The van der Waals surface area contributed by atoms with Gasteiger partial charge < -0.3 is 0 Å². The Bertz CT molecular complexity index is 167. The van der Waals surface area contributed by atoms with E-state index in [9.17, 15) is 0 Å². The van der Waals surface area contributed by atoms with Gasteiger partial charge in [-0.2, -0.15) is 0 Å².